The number of thioether (sulfide) groups is 1. The Bertz CT molecular complexity index is 974. The van der Waals surface area contributed by atoms with E-state index in [-0.39, 0.29) is 23.3 Å². The molecule has 2 aliphatic heterocycles. The van der Waals surface area contributed by atoms with E-state index in [1.807, 2.05) is 9.97 Å². The fourth-order valence-corrected chi connectivity index (χ4v) is 2.97. The molecule has 0 bridgehead atoms. The molecule has 0 aromatic carbocycles. The third kappa shape index (κ3) is 12.2. The lowest BCUT2D eigenvalue weighted by molar-refractivity contribution is 0.241. The zero-order valence-corrected chi connectivity index (χ0v) is 17.1. The first-order valence-corrected chi connectivity index (χ1v) is 10.1. The van der Waals surface area contributed by atoms with Crippen molar-refractivity contribution in [3.05, 3.63) is 78.0 Å². The highest BCUT2D eigenvalue weighted by atomic mass is 32.2. The van der Waals surface area contributed by atoms with E-state index >= 15 is 0 Å². The minimum atomic E-state index is -0.475. The molecule has 1 saturated heterocycles. The number of nitrogens with one attached hydrogen (secondary N) is 6. The highest BCUT2D eigenvalue weighted by Gasteiger charge is 2.05. The molecule has 2 aromatic heterocycles. The van der Waals surface area contributed by atoms with Gasteiger partial charge in [-0.3, -0.25) is 19.6 Å². The van der Waals surface area contributed by atoms with Crippen LogP contribution in [-0.2, 0) is 0 Å². The van der Waals surface area contributed by atoms with Crippen LogP contribution < -0.4 is 38.9 Å². The molecule has 0 saturated carbocycles. The summed E-state index contributed by atoms with van der Waals surface area (Å²) < 4.78 is 0. The number of H-pyrrole nitrogens is 4. The van der Waals surface area contributed by atoms with Crippen molar-refractivity contribution in [2.24, 2.45) is 5.73 Å². The molecule has 2 aromatic rings. The maximum Gasteiger partial charge on any atom is 0.325 e. The predicted molar refractivity (Wildman–Crippen MR) is 115 cm³/mol. The van der Waals surface area contributed by atoms with Crippen LogP contribution in [0.5, 0.6) is 0 Å². The molecule has 1 atom stereocenters. The fraction of sp³-hybridized carbons (Fsp3) is 0.353. The second-order valence-electron chi connectivity index (χ2n) is 5.89. The third-order valence-corrected chi connectivity index (χ3v) is 4.38. The average Bonchev–Trinajstić information content (AvgIpc) is 3.21. The molecule has 164 valence electrons. The minimum absolute atomic E-state index is 0.250. The maximum atomic E-state index is 10.4. The first kappa shape index (κ1) is 24.7. The number of hydrogen-bond acceptors (Lipinski definition) is 7. The van der Waals surface area contributed by atoms with Crippen molar-refractivity contribution in [3.8, 4) is 0 Å². The van der Waals surface area contributed by atoms with Crippen molar-refractivity contribution in [1.82, 2.24) is 30.6 Å². The third-order valence-electron chi connectivity index (χ3n) is 3.22. The summed E-state index contributed by atoms with van der Waals surface area (Å²) in [5.74, 6) is 2.83. The van der Waals surface area contributed by atoms with Gasteiger partial charge < -0.3 is 26.3 Å². The van der Waals surface area contributed by atoms with Gasteiger partial charge in [0.15, 0.2) is 0 Å². The molecule has 1 unspecified atom stereocenters. The number of aromatic nitrogens is 4. The van der Waals surface area contributed by atoms with Gasteiger partial charge in [0, 0.05) is 30.2 Å². The lowest BCUT2D eigenvalue weighted by Gasteiger charge is -2.13. The van der Waals surface area contributed by atoms with Gasteiger partial charge in [-0.25, -0.2) is 14.4 Å². The van der Waals surface area contributed by atoms with Crippen LogP contribution in [0.3, 0.4) is 0 Å². The van der Waals surface area contributed by atoms with Gasteiger partial charge in [-0.2, -0.15) is 11.8 Å². The molecule has 2 amide bonds. The van der Waals surface area contributed by atoms with E-state index in [1.165, 1.54) is 48.9 Å². The molecule has 0 aliphatic carbocycles. The van der Waals surface area contributed by atoms with Gasteiger partial charge >= 0.3 is 17.4 Å². The molecular weight excluding hydrogens is 414 g/mol. The van der Waals surface area contributed by atoms with Gasteiger partial charge in [0.05, 0.1) is 6.17 Å². The van der Waals surface area contributed by atoms with Crippen molar-refractivity contribution in [2.45, 2.75) is 25.9 Å². The van der Waals surface area contributed by atoms with E-state index in [0.717, 1.165) is 0 Å². The number of aromatic amines is 4. The van der Waals surface area contributed by atoms with Crippen molar-refractivity contribution in [1.29, 1.82) is 0 Å². The number of carbonyl (C=O) groups excluding carboxylic acids is 1. The van der Waals surface area contributed by atoms with Gasteiger partial charge in [-0.1, -0.05) is 0 Å². The van der Waals surface area contributed by atoms with Crippen LogP contribution in [-0.4, -0.2) is 43.6 Å². The zero-order chi connectivity index (χ0) is 22.4. The smallest absolute Gasteiger partial charge is 0.319 e. The molecule has 12 nitrogen and oxygen atoms in total. The van der Waals surface area contributed by atoms with Crippen LogP contribution in [0, 0.1) is 6.92 Å². The van der Waals surface area contributed by atoms with Crippen molar-refractivity contribution < 1.29 is 4.79 Å². The Hall–Kier alpha value is -3.32. The number of carbonyl (C=O) groups is 1. The van der Waals surface area contributed by atoms with Gasteiger partial charge in [0.25, 0.3) is 11.1 Å². The fourth-order valence-electron chi connectivity index (χ4n) is 1.95. The second-order valence-corrected chi connectivity index (χ2v) is 7.11. The van der Waals surface area contributed by atoms with Gasteiger partial charge in [0.1, 0.15) is 0 Å². The second kappa shape index (κ2) is 13.8. The zero-order valence-electron chi connectivity index (χ0n) is 16.3. The van der Waals surface area contributed by atoms with Crippen LogP contribution >= 0.6 is 11.8 Å². The van der Waals surface area contributed by atoms with Gasteiger partial charge in [-0.15, -0.1) is 0 Å². The van der Waals surface area contributed by atoms with Crippen LogP contribution in [0.4, 0.5) is 4.79 Å². The van der Waals surface area contributed by atoms with E-state index in [1.54, 1.807) is 13.0 Å². The molecule has 30 heavy (non-hydrogen) atoms. The summed E-state index contributed by atoms with van der Waals surface area (Å²) in [4.78, 5) is 60.3. The Morgan fingerprint density at radius 1 is 0.967 bits per heavy atom. The lowest BCUT2D eigenvalue weighted by atomic mass is 10.4. The summed E-state index contributed by atoms with van der Waals surface area (Å²) >= 11 is 2.07. The Balaban J connectivity index is 0.000000203. The molecule has 0 radical (unpaired) electrons. The van der Waals surface area contributed by atoms with E-state index in [2.05, 4.69) is 32.4 Å². The summed E-state index contributed by atoms with van der Waals surface area (Å²) in [6.07, 6.45) is 7.06. The molecule has 4 rings (SSSR count). The predicted octanol–water partition coefficient (Wildman–Crippen LogP) is -0.954. The van der Waals surface area contributed by atoms with E-state index in [0.29, 0.717) is 5.69 Å². The Morgan fingerprint density at radius 2 is 1.63 bits per heavy atom. The summed E-state index contributed by atoms with van der Waals surface area (Å²) in [6, 6.07) is 2.31. The summed E-state index contributed by atoms with van der Waals surface area (Å²) in [5.41, 5.74) is 4.16. The first-order valence-electron chi connectivity index (χ1n) is 8.91. The Morgan fingerprint density at radius 3 is 2.00 bits per heavy atom. The SMILES string of the molecule is C1CCSC1.Cc1cc(=O)[nH]c(=O)[nH]1.NC1C=CNC(=O)N1.O=c1cc[nH]c(=O)[nH]1. The molecular formula is C17H25N7O5S. The number of nitrogens with two attached hydrogens (primary N) is 1. The van der Waals surface area contributed by atoms with E-state index < -0.39 is 11.4 Å². The van der Waals surface area contributed by atoms with Crippen LogP contribution in [0.25, 0.3) is 0 Å². The minimum Gasteiger partial charge on any atom is -0.319 e. The molecule has 1 fully saturated rings. The quantitative estimate of drug-likeness (QED) is 0.274. The van der Waals surface area contributed by atoms with Crippen molar-refractivity contribution in [2.75, 3.05) is 11.5 Å². The molecule has 2 aliphatic rings. The average molecular weight is 439 g/mol. The Labute approximate surface area is 174 Å². The van der Waals surface area contributed by atoms with Crippen molar-refractivity contribution in [3.63, 3.8) is 0 Å². The number of hydrogen-bond donors (Lipinski definition) is 7. The lowest BCUT2D eigenvalue weighted by Crippen LogP contribution is -2.47. The standard InChI is InChI=1S/C5H6N2O2.C4H7N3O.C4H4N2O2.C4H8S/c1-3-2-4(8)7-5(9)6-3;5-3-1-2-6-4(8)7-3;7-3-1-2-5-4(8)6-3;1-2-4-5-3-1/h2H,1H3,(H2,6,7,8,9);1-3H,5H2,(H2,6,7,8);1-2H,(H2,5,6,7,8);1-4H2. The highest BCUT2D eigenvalue weighted by Crippen LogP contribution is 2.14. The highest BCUT2D eigenvalue weighted by molar-refractivity contribution is 7.99. The van der Waals surface area contributed by atoms with Crippen LogP contribution in [0.2, 0.25) is 0 Å². The number of rotatable bonds is 0. The molecule has 0 spiro atoms. The number of aryl methyl sites for hydroxylation is 1. The molecule has 4 heterocycles. The van der Waals surface area contributed by atoms with Crippen LogP contribution in [0.1, 0.15) is 18.5 Å². The first-order chi connectivity index (χ1) is 14.3. The topological polar surface area (TPSA) is 199 Å². The molecule has 8 N–H and O–H groups in total. The Kier molecular flexibility index (Phi) is 11.4. The van der Waals surface area contributed by atoms with Crippen molar-refractivity contribution >= 4 is 17.8 Å². The van der Waals surface area contributed by atoms with E-state index in [9.17, 15) is 24.0 Å². The summed E-state index contributed by atoms with van der Waals surface area (Å²) in [5, 5.41) is 4.82. The van der Waals surface area contributed by atoms with Gasteiger partial charge in [0.2, 0.25) is 0 Å². The maximum absolute atomic E-state index is 10.4. The van der Waals surface area contributed by atoms with Crippen LogP contribution in [0.15, 0.2) is 49.8 Å². The normalized spacial score (nSPS) is 16.3. The monoisotopic (exact) mass is 439 g/mol. The van der Waals surface area contributed by atoms with E-state index in [4.69, 9.17) is 5.73 Å². The number of amides is 2. The number of urea groups is 1. The summed E-state index contributed by atoms with van der Waals surface area (Å²) in [6.45, 7) is 1.65. The molecule has 13 heteroatoms. The largest absolute Gasteiger partial charge is 0.325 e. The summed E-state index contributed by atoms with van der Waals surface area (Å²) in [7, 11) is 0. The van der Waals surface area contributed by atoms with Gasteiger partial charge in [-0.05, 0) is 37.3 Å².